The maximum Gasteiger partial charge on any atom is 0.279 e. The van der Waals surface area contributed by atoms with Crippen molar-refractivity contribution in [2.75, 3.05) is 20.3 Å². The lowest BCUT2D eigenvalue weighted by Crippen LogP contribution is -2.46. The van der Waals surface area contributed by atoms with Crippen LogP contribution in [0.15, 0.2) is 54.6 Å². The molecule has 152 valence electrons. The topological polar surface area (TPSA) is 67.9 Å². The Bertz CT molecular complexity index is 819. The van der Waals surface area contributed by atoms with E-state index >= 15 is 0 Å². The standard InChI is InChI=1S/C21H28N2O4S/c1-23(21-11-13-26-14-12-21)28(24,25)22-15-18-7-9-20(10-8-18)17-27-16-19-5-3-2-4-6-19/h2-10,21-22H,11-17H2,1H3. The summed E-state index contributed by atoms with van der Waals surface area (Å²) in [6.45, 7) is 2.58. The van der Waals surface area contributed by atoms with Crippen molar-refractivity contribution in [3.8, 4) is 0 Å². The van der Waals surface area contributed by atoms with Crippen LogP contribution in [0.5, 0.6) is 0 Å². The zero-order chi connectivity index (χ0) is 19.8. The van der Waals surface area contributed by atoms with Gasteiger partial charge in [-0.05, 0) is 29.5 Å². The number of nitrogens with zero attached hydrogens (tertiary/aromatic N) is 1. The van der Waals surface area contributed by atoms with Crippen LogP contribution >= 0.6 is 0 Å². The normalized spacial score (nSPS) is 15.8. The van der Waals surface area contributed by atoms with Crippen molar-refractivity contribution < 1.29 is 17.9 Å². The number of nitrogens with one attached hydrogen (secondary N) is 1. The predicted octanol–water partition coefficient (Wildman–Crippen LogP) is 2.85. The van der Waals surface area contributed by atoms with Gasteiger partial charge in [0.15, 0.2) is 0 Å². The van der Waals surface area contributed by atoms with Gasteiger partial charge in [-0.2, -0.15) is 17.4 Å². The molecule has 0 aromatic heterocycles. The number of ether oxygens (including phenoxy) is 2. The van der Waals surface area contributed by atoms with Crippen molar-refractivity contribution in [1.82, 2.24) is 9.03 Å². The molecule has 0 atom stereocenters. The highest BCUT2D eigenvalue weighted by molar-refractivity contribution is 7.87. The second-order valence-corrected chi connectivity index (χ2v) is 8.80. The highest BCUT2D eigenvalue weighted by Gasteiger charge is 2.27. The minimum Gasteiger partial charge on any atom is -0.381 e. The number of benzene rings is 2. The van der Waals surface area contributed by atoms with Gasteiger partial charge in [0.05, 0.1) is 13.2 Å². The van der Waals surface area contributed by atoms with Gasteiger partial charge in [0.1, 0.15) is 0 Å². The van der Waals surface area contributed by atoms with Crippen LogP contribution in [-0.4, -0.2) is 39.0 Å². The molecular weight excluding hydrogens is 376 g/mol. The third-order valence-electron chi connectivity index (χ3n) is 4.95. The Morgan fingerprint density at radius 1 is 0.964 bits per heavy atom. The molecule has 0 spiro atoms. The van der Waals surface area contributed by atoms with Crippen molar-refractivity contribution in [1.29, 1.82) is 0 Å². The third kappa shape index (κ3) is 6.12. The monoisotopic (exact) mass is 404 g/mol. The highest BCUT2D eigenvalue weighted by atomic mass is 32.2. The molecule has 1 aliphatic rings. The van der Waals surface area contributed by atoms with Gasteiger partial charge in [-0.1, -0.05) is 54.6 Å². The molecule has 6 nitrogen and oxygen atoms in total. The van der Waals surface area contributed by atoms with Crippen LogP contribution in [0.4, 0.5) is 0 Å². The molecule has 1 heterocycles. The molecule has 0 amide bonds. The van der Waals surface area contributed by atoms with Crippen LogP contribution in [0, 0.1) is 0 Å². The molecule has 0 radical (unpaired) electrons. The van der Waals surface area contributed by atoms with Gasteiger partial charge in [-0.25, -0.2) is 0 Å². The Morgan fingerprint density at radius 2 is 1.54 bits per heavy atom. The van der Waals surface area contributed by atoms with E-state index in [0.29, 0.717) is 26.4 Å². The van der Waals surface area contributed by atoms with E-state index in [0.717, 1.165) is 29.5 Å². The first-order valence-electron chi connectivity index (χ1n) is 9.54. The van der Waals surface area contributed by atoms with Crippen LogP contribution in [0.1, 0.15) is 29.5 Å². The summed E-state index contributed by atoms with van der Waals surface area (Å²) in [5.74, 6) is 0. The lowest BCUT2D eigenvalue weighted by molar-refractivity contribution is 0.0629. The zero-order valence-corrected chi connectivity index (χ0v) is 17.0. The molecule has 0 saturated carbocycles. The second kappa shape index (κ2) is 10.1. The summed E-state index contributed by atoms with van der Waals surface area (Å²) in [7, 11) is -1.88. The van der Waals surface area contributed by atoms with E-state index in [4.69, 9.17) is 9.47 Å². The van der Waals surface area contributed by atoms with Crippen LogP contribution in [0.25, 0.3) is 0 Å². The Morgan fingerprint density at radius 3 is 2.18 bits per heavy atom. The van der Waals surface area contributed by atoms with Gasteiger partial charge >= 0.3 is 0 Å². The summed E-state index contributed by atoms with van der Waals surface area (Å²) in [5, 5.41) is 0. The Labute approximate surface area is 167 Å². The van der Waals surface area contributed by atoms with Gasteiger partial charge in [-0.15, -0.1) is 0 Å². The second-order valence-electron chi connectivity index (χ2n) is 6.98. The lowest BCUT2D eigenvalue weighted by atomic mass is 10.1. The summed E-state index contributed by atoms with van der Waals surface area (Å²) in [6, 6.07) is 17.8. The average molecular weight is 405 g/mol. The molecule has 28 heavy (non-hydrogen) atoms. The molecule has 7 heteroatoms. The molecule has 2 aromatic rings. The van der Waals surface area contributed by atoms with E-state index < -0.39 is 10.2 Å². The number of hydrogen-bond acceptors (Lipinski definition) is 4. The Hall–Kier alpha value is -1.77. The quantitative estimate of drug-likeness (QED) is 0.698. The summed E-state index contributed by atoms with van der Waals surface area (Å²) >= 11 is 0. The molecule has 1 N–H and O–H groups in total. The first-order valence-corrected chi connectivity index (χ1v) is 11.0. The largest absolute Gasteiger partial charge is 0.381 e. The van der Waals surface area contributed by atoms with E-state index in [2.05, 4.69) is 4.72 Å². The Balaban J connectivity index is 1.45. The highest BCUT2D eigenvalue weighted by Crippen LogP contribution is 2.16. The van der Waals surface area contributed by atoms with Gasteiger partial charge < -0.3 is 9.47 Å². The minimum atomic E-state index is -3.51. The van der Waals surface area contributed by atoms with Crippen molar-refractivity contribution in [3.63, 3.8) is 0 Å². The molecule has 0 unspecified atom stereocenters. The number of hydrogen-bond donors (Lipinski definition) is 1. The van der Waals surface area contributed by atoms with Gasteiger partial charge in [-0.3, -0.25) is 0 Å². The summed E-state index contributed by atoms with van der Waals surface area (Å²) in [5.41, 5.74) is 3.11. The lowest BCUT2D eigenvalue weighted by Gasteiger charge is -2.30. The Kier molecular flexibility index (Phi) is 7.58. The van der Waals surface area contributed by atoms with Gasteiger partial charge in [0.2, 0.25) is 0 Å². The van der Waals surface area contributed by atoms with E-state index in [9.17, 15) is 8.42 Å². The first kappa shape index (κ1) is 21.0. The van der Waals surface area contributed by atoms with E-state index in [-0.39, 0.29) is 12.6 Å². The maximum absolute atomic E-state index is 12.5. The molecule has 1 aliphatic heterocycles. The molecule has 1 fully saturated rings. The van der Waals surface area contributed by atoms with E-state index in [1.807, 2.05) is 54.6 Å². The van der Waals surface area contributed by atoms with Crippen molar-refractivity contribution in [3.05, 3.63) is 71.3 Å². The van der Waals surface area contributed by atoms with Gasteiger partial charge in [0.25, 0.3) is 10.2 Å². The summed E-state index contributed by atoms with van der Waals surface area (Å²) in [4.78, 5) is 0. The predicted molar refractivity (Wildman–Crippen MR) is 109 cm³/mol. The maximum atomic E-state index is 12.5. The fourth-order valence-corrected chi connectivity index (χ4v) is 4.29. The first-order chi connectivity index (χ1) is 13.5. The summed E-state index contributed by atoms with van der Waals surface area (Å²) < 4.78 is 40.1. The van der Waals surface area contributed by atoms with Crippen LogP contribution in [0.2, 0.25) is 0 Å². The smallest absolute Gasteiger partial charge is 0.279 e. The van der Waals surface area contributed by atoms with E-state index in [1.165, 1.54) is 4.31 Å². The fraction of sp³-hybridized carbons (Fsp3) is 0.429. The van der Waals surface area contributed by atoms with Crippen LogP contribution in [-0.2, 0) is 39.4 Å². The molecular formula is C21H28N2O4S. The average Bonchev–Trinajstić information content (AvgIpc) is 2.74. The summed E-state index contributed by atoms with van der Waals surface area (Å²) in [6.07, 6.45) is 1.46. The fourth-order valence-electron chi connectivity index (χ4n) is 3.14. The van der Waals surface area contributed by atoms with Crippen LogP contribution < -0.4 is 4.72 Å². The molecule has 0 bridgehead atoms. The number of rotatable bonds is 9. The SMILES string of the molecule is CN(C1CCOCC1)S(=O)(=O)NCc1ccc(COCc2ccccc2)cc1. The minimum absolute atomic E-state index is 0.00427. The zero-order valence-electron chi connectivity index (χ0n) is 16.2. The van der Waals surface area contributed by atoms with E-state index in [1.54, 1.807) is 7.05 Å². The molecule has 3 rings (SSSR count). The van der Waals surface area contributed by atoms with Gasteiger partial charge in [0, 0.05) is 32.8 Å². The molecule has 2 aromatic carbocycles. The molecule has 1 saturated heterocycles. The van der Waals surface area contributed by atoms with Crippen molar-refractivity contribution in [2.45, 2.75) is 38.6 Å². The third-order valence-corrected chi connectivity index (χ3v) is 6.51. The van der Waals surface area contributed by atoms with Crippen molar-refractivity contribution in [2.24, 2.45) is 0 Å². The van der Waals surface area contributed by atoms with Crippen molar-refractivity contribution >= 4 is 10.2 Å². The van der Waals surface area contributed by atoms with Crippen LogP contribution in [0.3, 0.4) is 0 Å². The molecule has 0 aliphatic carbocycles.